The summed E-state index contributed by atoms with van der Waals surface area (Å²) in [6.45, 7) is 9.06. The monoisotopic (exact) mass is 316 g/mol. The molecule has 2 nitrogen and oxygen atoms in total. The van der Waals surface area contributed by atoms with Crippen molar-refractivity contribution >= 4 is 8.56 Å². The lowest BCUT2D eigenvalue weighted by Gasteiger charge is -2.17. The molecule has 0 aromatic rings. The molecule has 0 aliphatic carbocycles. The van der Waals surface area contributed by atoms with Gasteiger partial charge < -0.3 is 9.59 Å². The first kappa shape index (κ1) is 21.1. The van der Waals surface area contributed by atoms with E-state index in [9.17, 15) is 9.59 Å². The standard InChI is InChI=1S/C18H40O2Si/c1-17(2)13-9-5-7-11-15-21(19,20)16-12-8-6-10-14-18(3)4/h17-20H,5-16H2,1-4H3. The Hall–Kier alpha value is 0.137. The van der Waals surface area contributed by atoms with Crippen molar-refractivity contribution < 1.29 is 9.59 Å². The van der Waals surface area contributed by atoms with Crippen molar-refractivity contribution in [1.82, 2.24) is 0 Å². The second-order valence-electron chi connectivity index (χ2n) is 7.68. The van der Waals surface area contributed by atoms with E-state index in [-0.39, 0.29) is 0 Å². The Bertz CT molecular complexity index is 205. The van der Waals surface area contributed by atoms with Gasteiger partial charge in [0.15, 0.2) is 0 Å². The fourth-order valence-corrected chi connectivity index (χ4v) is 4.64. The fraction of sp³-hybridized carbons (Fsp3) is 1.00. The smallest absolute Gasteiger partial charge is 0.332 e. The number of unbranched alkanes of at least 4 members (excludes halogenated alkanes) is 6. The summed E-state index contributed by atoms with van der Waals surface area (Å²) in [5.41, 5.74) is 0. The molecule has 0 saturated carbocycles. The zero-order valence-corrected chi connectivity index (χ0v) is 16.0. The average molecular weight is 317 g/mol. The first-order valence-electron chi connectivity index (χ1n) is 9.28. The molecule has 0 aromatic heterocycles. The minimum atomic E-state index is -2.87. The first-order chi connectivity index (χ1) is 9.83. The zero-order valence-electron chi connectivity index (χ0n) is 15.0. The van der Waals surface area contributed by atoms with Gasteiger partial charge >= 0.3 is 8.56 Å². The highest BCUT2D eigenvalue weighted by molar-refractivity contribution is 6.64. The second-order valence-corrected chi connectivity index (χ2v) is 10.6. The van der Waals surface area contributed by atoms with Gasteiger partial charge in [-0.2, -0.15) is 0 Å². The molecule has 0 unspecified atom stereocenters. The predicted molar refractivity (Wildman–Crippen MR) is 95.7 cm³/mol. The van der Waals surface area contributed by atoms with Crippen LogP contribution < -0.4 is 0 Å². The summed E-state index contributed by atoms with van der Waals surface area (Å²) in [6, 6.07) is 1.36. The molecule has 0 aromatic carbocycles. The van der Waals surface area contributed by atoms with Crippen LogP contribution in [0.25, 0.3) is 0 Å². The van der Waals surface area contributed by atoms with Gasteiger partial charge in [0.2, 0.25) is 0 Å². The Morgan fingerprint density at radius 1 is 0.571 bits per heavy atom. The Labute approximate surface area is 134 Å². The molecule has 0 bridgehead atoms. The number of rotatable bonds is 14. The van der Waals surface area contributed by atoms with Crippen LogP contribution in [-0.2, 0) is 0 Å². The molecular formula is C18H40O2Si. The summed E-state index contributed by atoms with van der Waals surface area (Å²) in [4.78, 5) is 20.2. The lowest BCUT2D eigenvalue weighted by molar-refractivity contribution is 0.349. The SMILES string of the molecule is CC(C)CCCCCC[Si](O)(O)CCCCCCC(C)C. The van der Waals surface area contributed by atoms with E-state index in [2.05, 4.69) is 27.7 Å². The molecule has 2 N–H and O–H groups in total. The van der Waals surface area contributed by atoms with Crippen LogP contribution in [0.3, 0.4) is 0 Å². The van der Waals surface area contributed by atoms with Crippen molar-refractivity contribution in [2.45, 2.75) is 104 Å². The zero-order chi connectivity index (χ0) is 16.1. The average Bonchev–Trinajstić information content (AvgIpc) is 2.37. The summed E-state index contributed by atoms with van der Waals surface area (Å²) < 4.78 is 0. The molecule has 0 fully saturated rings. The van der Waals surface area contributed by atoms with Crippen LogP contribution in [0.15, 0.2) is 0 Å². The van der Waals surface area contributed by atoms with Crippen LogP contribution in [0.1, 0.15) is 91.9 Å². The third-order valence-electron chi connectivity index (χ3n) is 4.22. The quantitative estimate of drug-likeness (QED) is 0.322. The van der Waals surface area contributed by atoms with Crippen molar-refractivity contribution in [3.8, 4) is 0 Å². The van der Waals surface area contributed by atoms with Gasteiger partial charge in [-0.05, 0) is 23.9 Å². The van der Waals surface area contributed by atoms with Crippen LogP contribution in [0.5, 0.6) is 0 Å². The number of hydrogen-bond acceptors (Lipinski definition) is 2. The minimum Gasteiger partial charge on any atom is -0.411 e. The second kappa shape index (κ2) is 12.7. The van der Waals surface area contributed by atoms with Gasteiger partial charge in [0, 0.05) is 0 Å². The maximum absolute atomic E-state index is 10.1. The highest BCUT2D eigenvalue weighted by Crippen LogP contribution is 2.19. The van der Waals surface area contributed by atoms with Crippen LogP contribution in [0.4, 0.5) is 0 Å². The highest BCUT2D eigenvalue weighted by Gasteiger charge is 2.27. The van der Waals surface area contributed by atoms with Crippen LogP contribution in [-0.4, -0.2) is 18.2 Å². The van der Waals surface area contributed by atoms with Crippen LogP contribution in [0, 0.1) is 11.8 Å². The molecule has 0 amide bonds. The lowest BCUT2D eigenvalue weighted by atomic mass is 10.0. The van der Waals surface area contributed by atoms with Gasteiger partial charge in [-0.3, -0.25) is 0 Å². The van der Waals surface area contributed by atoms with Gasteiger partial charge in [0.1, 0.15) is 0 Å². The summed E-state index contributed by atoms with van der Waals surface area (Å²) in [6.07, 6.45) is 12.0. The van der Waals surface area contributed by atoms with Crippen molar-refractivity contribution in [1.29, 1.82) is 0 Å². The van der Waals surface area contributed by atoms with Gasteiger partial charge in [-0.15, -0.1) is 0 Å². The largest absolute Gasteiger partial charge is 0.411 e. The maximum Gasteiger partial charge on any atom is 0.332 e. The minimum absolute atomic E-state index is 0.681. The van der Waals surface area contributed by atoms with Crippen LogP contribution >= 0.6 is 0 Å². The van der Waals surface area contributed by atoms with Crippen molar-refractivity contribution in [3.05, 3.63) is 0 Å². The normalized spacial score (nSPS) is 12.6. The Morgan fingerprint density at radius 3 is 1.24 bits per heavy atom. The molecule has 0 aliphatic rings. The molecule has 0 rings (SSSR count). The molecule has 0 atom stereocenters. The highest BCUT2D eigenvalue weighted by atomic mass is 28.4. The van der Waals surface area contributed by atoms with Gasteiger partial charge in [-0.1, -0.05) is 91.9 Å². The molecule has 0 saturated heterocycles. The Balaban J connectivity index is 3.43. The molecule has 3 heteroatoms. The van der Waals surface area contributed by atoms with E-state index in [0.717, 1.165) is 37.5 Å². The van der Waals surface area contributed by atoms with Gasteiger partial charge in [-0.25, -0.2) is 0 Å². The fourth-order valence-electron chi connectivity index (χ4n) is 2.75. The third kappa shape index (κ3) is 16.3. The van der Waals surface area contributed by atoms with Crippen molar-refractivity contribution in [2.24, 2.45) is 11.8 Å². The molecule has 21 heavy (non-hydrogen) atoms. The molecule has 0 heterocycles. The molecular weight excluding hydrogens is 276 g/mol. The van der Waals surface area contributed by atoms with Crippen LogP contribution in [0.2, 0.25) is 12.1 Å². The van der Waals surface area contributed by atoms with Gasteiger partial charge in [0.05, 0.1) is 0 Å². The lowest BCUT2D eigenvalue weighted by Crippen LogP contribution is -2.33. The van der Waals surface area contributed by atoms with Crippen molar-refractivity contribution in [3.63, 3.8) is 0 Å². The third-order valence-corrected chi connectivity index (χ3v) is 6.53. The van der Waals surface area contributed by atoms with E-state index < -0.39 is 8.56 Å². The van der Waals surface area contributed by atoms with E-state index >= 15 is 0 Å². The van der Waals surface area contributed by atoms with Gasteiger partial charge in [0.25, 0.3) is 0 Å². The predicted octanol–water partition coefficient (Wildman–Crippen LogP) is 5.63. The first-order valence-corrected chi connectivity index (χ1v) is 11.6. The summed E-state index contributed by atoms with van der Waals surface area (Å²) >= 11 is 0. The molecule has 0 radical (unpaired) electrons. The van der Waals surface area contributed by atoms with E-state index in [1.807, 2.05) is 0 Å². The number of hydrogen-bond donors (Lipinski definition) is 2. The summed E-state index contributed by atoms with van der Waals surface area (Å²) in [7, 11) is -2.87. The van der Waals surface area contributed by atoms with E-state index in [0.29, 0.717) is 12.1 Å². The summed E-state index contributed by atoms with van der Waals surface area (Å²) in [5.74, 6) is 1.59. The van der Waals surface area contributed by atoms with Crippen molar-refractivity contribution in [2.75, 3.05) is 0 Å². The Kier molecular flexibility index (Phi) is 12.7. The molecule has 0 spiro atoms. The van der Waals surface area contributed by atoms with E-state index in [4.69, 9.17) is 0 Å². The molecule has 0 aliphatic heterocycles. The maximum atomic E-state index is 10.1. The van der Waals surface area contributed by atoms with E-state index in [1.54, 1.807) is 0 Å². The summed E-state index contributed by atoms with van der Waals surface area (Å²) in [5, 5.41) is 0. The topological polar surface area (TPSA) is 40.5 Å². The van der Waals surface area contributed by atoms with E-state index in [1.165, 1.54) is 38.5 Å². The Morgan fingerprint density at radius 2 is 0.905 bits per heavy atom. The molecule has 128 valence electrons.